The van der Waals surface area contributed by atoms with Crippen molar-refractivity contribution >= 4 is 51.8 Å². The van der Waals surface area contributed by atoms with Crippen LogP contribution in [0.25, 0.3) is 6.08 Å². The molecule has 0 bridgehead atoms. The molecule has 1 aliphatic rings. The lowest BCUT2D eigenvalue weighted by Gasteiger charge is -2.15. The van der Waals surface area contributed by atoms with Crippen molar-refractivity contribution in [1.29, 1.82) is 0 Å². The summed E-state index contributed by atoms with van der Waals surface area (Å²) < 4.78 is 16.6. The largest absolute Gasteiger partial charge is 0.493 e. The van der Waals surface area contributed by atoms with Gasteiger partial charge in [0.1, 0.15) is 0 Å². The number of ether oxygens (including phenoxy) is 3. The number of benzene rings is 2. The van der Waals surface area contributed by atoms with Crippen LogP contribution < -0.4 is 19.1 Å². The Kier molecular flexibility index (Phi) is 6.24. The predicted molar refractivity (Wildman–Crippen MR) is 118 cm³/mol. The Bertz CT molecular complexity index is 1030. The van der Waals surface area contributed by atoms with E-state index in [4.69, 9.17) is 26.4 Å². The summed E-state index contributed by atoms with van der Waals surface area (Å²) in [6.45, 7) is 1.48. The Balaban J connectivity index is 2.01. The van der Waals surface area contributed by atoms with E-state index in [0.717, 1.165) is 0 Å². The number of thiocarbonyl (C=S) groups is 1. The summed E-state index contributed by atoms with van der Waals surface area (Å²) >= 11 is 6.60. The topological polar surface area (TPSA) is 65.1 Å². The van der Waals surface area contributed by atoms with Gasteiger partial charge in [-0.25, -0.2) is 0 Å². The quantitative estimate of drug-likeness (QED) is 0.385. The van der Waals surface area contributed by atoms with Gasteiger partial charge >= 0.3 is 0 Å². The Morgan fingerprint density at radius 3 is 2.41 bits per heavy atom. The number of thioether (sulfide) groups is 1. The summed E-state index contributed by atoms with van der Waals surface area (Å²) in [5, 5.41) is 0. The SMILES string of the molecule is COc1ccc(/C=C2\SC(=S)N(c3cccc(C(C)=O)c3)C2=O)c(OC)c1OC. The highest BCUT2D eigenvalue weighted by molar-refractivity contribution is 8.27. The zero-order valence-corrected chi connectivity index (χ0v) is 18.0. The molecule has 6 nitrogen and oxygen atoms in total. The average molecular weight is 430 g/mol. The van der Waals surface area contributed by atoms with Crippen LogP contribution in [0.15, 0.2) is 41.3 Å². The van der Waals surface area contributed by atoms with Gasteiger partial charge in [-0.2, -0.15) is 0 Å². The van der Waals surface area contributed by atoms with E-state index in [1.807, 2.05) is 0 Å². The molecule has 1 saturated heterocycles. The smallest absolute Gasteiger partial charge is 0.270 e. The number of Topliss-reactive ketones (excluding diaryl/α,β-unsaturated/α-hetero) is 1. The van der Waals surface area contributed by atoms with Crippen LogP contribution in [-0.4, -0.2) is 37.3 Å². The van der Waals surface area contributed by atoms with Gasteiger partial charge in [-0.1, -0.05) is 36.1 Å². The van der Waals surface area contributed by atoms with E-state index >= 15 is 0 Å². The van der Waals surface area contributed by atoms with Crippen LogP contribution in [0.2, 0.25) is 0 Å². The lowest BCUT2D eigenvalue weighted by molar-refractivity contribution is -0.113. The van der Waals surface area contributed by atoms with Gasteiger partial charge in [0.15, 0.2) is 21.6 Å². The number of ketones is 1. The molecule has 29 heavy (non-hydrogen) atoms. The molecule has 1 amide bonds. The fourth-order valence-corrected chi connectivity index (χ4v) is 4.22. The number of rotatable bonds is 6. The van der Waals surface area contributed by atoms with Gasteiger partial charge in [-0.15, -0.1) is 0 Å². The summed E-state index contributed by atoms with van der Waals surface area (Å²) in [6.07, 6.45) is 1.70. The maximum Gasteiger partial charge on any atom is 0.270 e. The average Bonchev–Trinajstić information content (AvgIpc) is 3.00. The molecular formula is C21H19NO5S2. The Hall–Kier alpha value is -2.84. The van der Waals surface area contributed by atoms with E-state index in [1.54, 1.807) is 42.5 Å². The van der Waals surface area contributed by atoms with Crippen molar-refractivity contribution in [3.63, 3.8) is 0 Å². The third-order valence-electron chi connectivity index (χ3n) is 4.33. The van der Waals surface area contributed by atoms with E-state index in [-0.39, 0.29) is 11.7 Å². The lowest BCUT2D eigenvalue weighted by atomic mass is 10.1. The van der Waals surface area contributed by atoms with Crippen LogP contribution in [0.4, 0.5) is 5.69 Å². The molecule has 1 aliphatic heterocycles. The number of nitrogens with zero attached hydrogens (tertiary/aromatic N) is 1. The molecule has 2 aromatic carbocycles. The van der Waals surface area contributed by atoms with Gasteiger partial charge in [0, 0.05) is 11.1 Å². The van der Waals surface area contributed by atoms with Crippen LogP contribution in [-0.2, 0) is 4.79 Å². The van der Waals surface area contributed by atoms with Crippen molar-refractivity contribution < 1.29 is 23.8 Å². The van der Waals surface area contributed by atoms with Crippen LogP contribution in [0, 0.1) is 0 Å². The van der Waals surface area contributed by atoms with Gasteiger partial charge in [-0.05, 0) is 37.3 Å². The minimum absolute atomic E-state index is 0.0807. The summed E-state index contributed by atoms with van der Waals surface area (Å²) in [6, 6.07) is 10.4. The normalized spacial score (nSPS) is 15.0. The highest BCUT2D eigenvalue weighted by Gasteiger charge is 2.34. The van der Waals surface area contributed by atoms with Crippen molar-refractivity contribution in [3.8, 4) is 17.2 Å². The van der Waals surface area contributed by atoms with Crippen molar-refractivity contribution in [1.82, 2.24) is 0 Å². The molecule has 0 spiro atoms. The molecule has 0 unspecified atom stereocenters. The van der Waals surface area contributed by atoms with Crippen molar-refractivity contribution in [2.24, 2.45) is 0 Å². The van der Waals surface area contributed by atoms with Crippen LogP contribution in [0.5, 0.6) is 17.2 Å². The maximum atomic E-state index is 13.0. The van der Waals surface area contributed by atoms with Gasteiger partial charge in [-0.3, -0.25) is 14.5 Å². The van der Waals surface area contributed by atoms with Gasteiger partial charge in [0.2, 0.25) is 5.75 Å². The predicted octanol–water partition coefficient (Wildman–Crippen LogP) is 4.32. The molecule has 0 aliphatic carbocycles. The minimum Gasteiger partial charge on any atom is -0.493 e. The summed E-state index contributed by atoms with van der Waals surface area (Å²) in [4.78, 5) is 26.6. The van der Waals surface area contributed by atoms with Crippen LogP contribution in [0.3, 0.4) is 0 Å². The van der Waals surface area contributed by atoms with Crippen molar-refractivity contribution in [2.45, 2.75) is 6.92 Å². The number of methoxy groups -OCH3 is 3. The first kappa shape index (κ1) is 20.9. The third-order valence-corrected chi connectivity index (χ3v) is 5.63. The zero-order valence-electron chi connectivity index (χ0n) is 16.3. The molecule has 0 aromatic heterocycles. The summed E-state index contributed by atoms with van der Waals surface area (Å²) in [5.41, 5.74) is 1.73. The monoisotopic (exact) mass is 429 g/mol. The molecule has 1 fully saturated rings. The Morgan fingerprint density at radius 2 is 1.79 bits per heavy atom. The second kappa shape index (κ2) is 8.67. The van der Waals surface area contributed by atoms with Gasteiger partial charge < -0.3 is 14.2 Å². The molecule has 0 N–H and O–H groups in total. The first-order chi connectivity index (χ1) is 13.9. The third kappa shape index (κ3) is 3.99. The Morgan fingerprint density at radius 1 is 1.07 bits per heavy atom. The number of amides is 1. The molecule has 3 rings (SSSR count). The van der Waals surface area contributed by atoms with Crippen LogP contribution >= 0.6 is 24.0 Å². The summed E-state index contributed by atoms with van der Waals surface area (Å²) in [7, 11) is 4.58. The second-order valence-electron chi connectivity index (χ2n) is 6.05. The maximum absolute atomic E-state index is 13.0. The number of carbonyl (C=O) groups excluding carboxylic acids is 2. The molecule has 1 heterocycles. The van der Waals surface area contributed by atoms with E-state index < -0.39 is 0 Å². The van der Waals surface area contributed by atoms with Gasteiger partial charge in [0.05, 0.1) is 31.9 Å². The number of hydrogen-bond donors (Lipinski definition) is 0. The molecule has 2 aromatic rings. The number of hydrogen-bond acceptors (Lipinski definition) is 7. The Labute approximate surface area is 178 Å². The number of anilines is 1. The summed E-state index contributed by atoms with van der Waals surface area (Å²) in [5.74, 6) is 1.07. The van der Waals surface area contributed by atoms with E-state index in [1.165, 1.54) is 44.9 Å². The van der Waals surface area contributed by atoms with Crippen molar-refractivity contribution in [3.05, 3.63) is 52.4 Å². The fraction of sp³-hybridized carbons (Fsp3) is 0.190. The fourth-order valence-electron chi connectivity index (χ4n) is 2.93. The molecule has 150 valence electrons. The second-order valence-corrected chi connectivity index (χ2v) is 7.72. The minimum atomic E-state index is -0.266. The lowest BCUT2D eigenvalue weighted by Crippen LogP contribution is -2.27. The van der Waals surface area contributed by atoms with Crippen LogP contribution in [0.1, 0.15) is 22.8 Å². The standard InChI is InChI=1S/C21H19NO5S2/c1-12(23)13-6-5-7-15(10-13)22-20(24)17(29-21(22)28)11-14-8-9-16(25-2)19(27-4)18(14)26-3/h5-11H,1-4H3/b17-11-. The highest BCUT2D eigenvalue weighted by atomic mass is 32.2. The molecule has 0 atom stereocenters. The molecule has 0 radical (unpaired) electrons. The van der Waals surface area contributed by atoms with E-state index in [2.05, 4.69) is 0 Å². The first-order valence-electron chi connectivity index (χ1n) is 8.59. The van der Waals surface area contributed by atoms with Crippen molar-refractivity contribution in [2.75, 3.05) is 26.2 Å². The first-order valence-corrected chi connectivity index (χ1v) is 9.81. The highest BCUT2D eigenvalue weighted by Crippen LogP contribution is 2.43. The zero-order chi connectivity index (χ0) is 21.1. The molecule has 0 saturated carbocycles. The van der Waals surface area contributed by atoms with Gasteiger partial charge in [0.25, 0.3) is 5.91 Å². The number of carbonyl (C=O) groups is 2. The van der Waals surface area contributed by atoms with E-state index in [9.17, 15) is 9.59 Å². The molecule has 8 heteroatoms. The molecular weight excluding hydrogens is 410 g/mol. The van der Waals surface area contributed by atoms with E-state index in [0.29, 0.717) is 43.3 Å².